The molecule has 1 aromatic rings. The van der Waals surface area contributed by atoms with Gasteiger partial charge in [-0.15, -0.1) is 24.8 Å². The van der Waals surface area contributed by atoms with Crippen LogP contribution in [0.25, 0.3) is 0 Å². The van der Waals surface area contributed by atoms with E-state index < -0.39 is 0 Å². The number of aryl methyl sites for hydroxylation is 2. The minimum atomic E-state index is 0. The molecule has 14 heavy (non-hydrogen) atoms. The van der Waals surface area contributed by atoms with E-state index in [0.29, 0.717) is 0 Å². The number of pyridine rings is 1. The molecule has 80 valence electrons. The number of fused-ring (bicyclic) bond motifs is 1. The molecule has 0 bridgehead atoms. The maximum atomic E-state index is 4.50. The van der Waals surface area contributed by atoms with Gasteiger partial charge in [0.2, 0.25) is 0 Å². The van der Waals surface area contributed by atoms with Gasteiger partial charge in [-0.2, -0.15) is 0 Å². The summed E-state index contributed by atoms with van der Waals surface area (Å²) in [4.78, 5) is 4.50. The molecule has 0 aromatic carbocycles. The van der Waals surface area contributed by atoms with Crippen LogP contribution >= 0.6 is 24.8 Å². The molecule has 4 heteroatoms. The van der Waals surface area contributed by atoms with Crippen LogP contribution < -0.4 is 5.32 Å². The first-order valence-electron chi connectivity index (χ1n) is 4.36. The molecule has 0 fully saturated rings. The molecule has 0 aliphatic carbocycles. The van der Waals surface area contributed by atoms with Gasteiger partial charge in [0.15, 0.2) is 0 Å². The Morgan fingerprint density at radius 3 is 2.14 bits per heavy atom. The third-order valence-corrected chi connectivity index (χ3v) is 2.74. The van der Waals surface area contributed by atoms with E-state index in [-0.39, 0.29) is 24.8 Å². The van der Waals surface area contributed by atoms with Gasteiger partial charge < -0.3 is 5.32 Å². The Hall–Kier alpha value is -0.310. The molecule has 2 heterocycles. The van der Waals surface area contributed by atoms with Crippen molar-refractivity contribution in [2.24, 2.45) is 0 Å². The Morgan fingerprint density at radius 2 is 1.50 bits per heavy atom. The van der Waals surface area contributed by atoms with Crippen LogP contribution in [0.15, 0.2) is 0 Å². The first kappa shape index (κ1) is 13.7. The lowest BCUT2D eigenvalue weighted by Crippen LogP contribution is -2.00. The predicted octanol–water partition coefficient (Wildman–Crippen LogP) is 2.45. The van der Waals surface area contributed by atoms with E-state index >= 15 is 0 Å². The molecular formula is C10H16Cl2N2. The summed E-state index contributed by atoms with van der Waals surface area (Å²) in [5, 5.41) is 3.36. The van der Waals surface area contributed by atoms with E-state index in [0.717, 1.165) is 13.1 Å². The Balaban J connectivity index is 0.000000845. The van der Waals surface area contributed by atoms with Crippen molar-refractivity contribution in [1.29, 1.82) is 0 Å². The van der Waals surface area contributed by atoms with Crippen molar-refractivity contribution in [3.8, 4) is 0 Å². The molecule has 1 aliphatic heterocycles. The van der Waals surface area contributed by atoms with Gasteiger partial charge in [-0.3, -0.25) is 4.98 Å². The lowest BCUT2D eigenvalue weighted by atomic mass is 10.0. The lowest BCUT2D eigenvalue weighted by molar-refractivity contribution is 0.761. The summed E-state index contributed by atoms with van der Waals surface area (Å²) in [5.74, 6) is 0. The van der Waals surface area contributed by atoms with Crippen molar-refractivity contribution in [3.05, 3.63) is 28.1 Å². The maximum Gasteiger partial charge on any atom is 0.0424 e. The second kappa shape index (κ2) is 4.96. The molecule has 0 spiro atoms. The SMILES string of the molecule is Cc1nc(C)c2c(c1C)CNC2.Cl.Cl. The van der Waals surface area contributed by atoms with Crippen LogP contribution in [-0.4, -0.2) is 4.98 Å². The Morgan fingerprint density at radius 1 is 0.929 bits per heavy atom. The number of hydrogen-bond donors (Lipinski definition) is 1. The maximum absolute atomic E-state index is 4.50. The zero-order valence-electron chi connectivity index (χ0n) is 8.68. The molecule has 1 aromatic heterocycles. The Bertz CT molecular complexity index is 337. The van der Waals surface area contributed by atoms with Gasteiger partial charge in [-0.25, -0.2) is 0 Å². The summed E-state index contributed by atoms with van der Waals surface area (Å²) in [5.41, 5.74) is 6.62. The summed E-state index contributed by atoms with van der Waals surface area (Å²) in [6, 6.07) is 0. The van der Waals surface area contributed by atoms with Crippen molar-refractivity contribution in [1.82, 2.24) is 10.3 Å². The second-order valence-corrected chi connectivity index (χ2v) is 3.47. The highest BCUT2D eigenvalue weighted by molar-refractivity contribution is 5.85. The van der Waals surface area contributed by atoms with Crippen LogP contribution in [-0.2, 0) is 13.1 Å². The van der Waals surface area contributed by atoms with Crippen molar-refractivity contribution in [3.63, 3.8) is 0 Å². The molecule has 0 saturated heterocycles. The standard InChI is InChI=1S/C10H14N2.2ClH/c1-6-7(2)12-8(3)10-5-11-4-9(6)10;;/h11H,4-5H2,1-3H3;2*1H. The molecule has 1 aliphatic rings. The van der Waals surface area contributed by atoms with Crippen LogP contribution in [0.4, 0.5) is 0 Å². The molecule has 0 saturated carbocycles. The van der Waals surface area contributed by atoms with Crippen LogP contribution in [0.2, 0.25) is 0 Å². The quantitative estimate of drug-likeness (QED) is 0.747. The third kappa shape index (κ3) is 2.02. The van der Waals surface area contributed by atoms with E-state index in [9.17, 15) is 0 Å². The molecule has 0 radical (unpaired) electrons. The molecular weight excluding hydrogens is 219 g/mol. The number of aromatic nitrogens is 1. The van der Waals surface area contributed by atoms with Crippen molar-refractivity contribution < 1.29 is 0 Å². The summed E-state index contributed by atoms with van der Waals surface area (Å²) < 4.78 is 0. The second-order valence-electron chi connectivity index (χ2n) is 3.47. The van der Waals surface area contributed by atoms with Crippen LogP contribution in [0.5, 0.6) is 0 Å². The summed E-state index contributed by atoms with van der Waals surface area (Å²) in [6.45, 7) is 8.35. The Labute approximate surface area is 97.3 Å². The number of nitrogens with zero attached hydrogens (tertiary/aromatic N) is 1. The van der Waals surface area contributed by atoms with Crippen molar-refractivity contribution >= 4 is 24.8 Å². The predicted molar refractivity (Wildman–Crippen MR) is 63.5 cm³/mol. The minimum absolute atomic E-state index is 0. The van der Waals surface area contributed by atoms with Gasteiger partial charge in [0, 0.05) is 24.5 Å². The lowest BCUT2D eigenvalue weighted by Gasteiger charge is -2.08. The van der Waals surface area contributed by atoms with Gasteiger partial charge in [0.1, 0.15) is 0 Å². The molecule has 0 amide bonds. The van der Waals surface area contributed by atoms with Gasteiger partial charge in [-0.05, 0) is 37.5 Å². The van der Waals surface area contributed by atoms with Crippen LogP contribution in [0.1, 0.15) is 28.1 Å². The molecule has 2 nitrogen and oxygen atoms in total. The topological polar surface area (TPSA) is 24.9 Å². The zero-order valence-corrected chi connectivity index (χ0v) is 10.3. The average Bonchev–Trinajstić information content (AvgIpc) is 2.48. The highest BCUT2D eigenvalue weighted by Gasteiger charge is 2.16. The van der Waals surface area contributed by atoms with Gasteiger partial charge in [0.05, 0.1) is 0 Å². The molecule has 0 unspecified atom stereocenters. The molecule has 2 rings (SSSR count). The fourth-order valence-electron chi connectivity index (χ4n) is 1.85. The largest absolute Gasteiger partial charge is 0.309 e. The van der Waals surface area contributed by atoms with Crippen molar-refractivity contribution in [2.75, 3.05) is 0 Å². The van der Waals surface area contributed by atoms with Crippen LogP contribution in [0.3, 0.4) is 0 Å². The first-order chi connectivity index (χ1) is 5.70. The van der Waals surface area contributed by atoms with E-state index in [1.54, 1.807) is 0 Å². The van der Waals surface area contributed by atoms with Crippen LogP contribution in [0, 0.1) is 20.8 Å². The minimum Gasteiger partial charge on any atom is -0.309 e. The fourth-order valence-corrected chi connectivity index (χ4v) is 1.85. The van der Waals surface area contributed by atoms with Gasteiger partial charge in [0.25, 0.3) is 0 Å². The van der Waals surface area contributed by atoms with Gasteiger partial charge in [-0.1, -0.05) is 0 Å². The van der Waals surface area contributed by atoms with Gasteiger partial charge >= 0.3 is 0 Å². The van der Waals surface area contributed by atoms with E-state index in [2.05, 4.69) is 31.1 Å². The number of rotatable bonds is 0. The average molecular weight is 235 g/mol. The highest BCUT2D eigenvalue weighted by atomic mass is 35.5. The normalized spacial score (nSPS) is 12.8. The van der Waals surface area contributed by atoms with E-state index in [4.69, 9.17) is 0 Å². The third-order valence-electron chi connectivity index (χ3n) is 2.74. The zero-order chi connectivity index (χ0) is 8.72. The summed E-state index contributed by atoms with van der Waals surface area (Å²) in [7, 11) is 0. The summed E-state index contributed by atoms with van der Waals surface area (Å²) >= 11 is 0. The smallest absolute Gasteiger partial charge is 0.0424 e. The monoisotopic (exact) mass is 234 g/mol. The van der Waals surface area contributed by atoms with E-state index in [1.807, 2.05) is 0 Å². The highest BCUT2D eigenvalue weighted by Crippen LogP contribution is 2.23. The summed E-state index contributed by atoms with van der Waals surface area (Å²) in [6.07, 6.45) is 0. The number of halogens is 2. The molecule has 0 atom stereocenters. The van der Waals surface area contributed by atoms with Crippen molar-refractivity contribution in [2.45, 2.75) is 33.9 Å². The van der Waals surface area contributed by atoms with E-state index in [1.165, 1.54) is 28.1 Å². The molecule has 1 N–H and O–H groups in total. The number of nitrogens with one attached hydrogen (secondary N) is 1. The fraction of sp³-hybridized carbons (Fsp3) is 0.500. The number of hydrogen-bond acceptors (Lipinski definition) is 2. The first-order valence-corrected chi connectivity index (χ1v) is 4.36. The Kier molecular flexibility index (Phi) is 4.85.